The molecule has 0 saturated carbocycles. The molecule has 1 aromatic carbocycles. The molecule has 10 nitrogen and oxygen atoms in total. The van der Waals surface area contributed by atoms with Gasteiger partial charge in [0.25, 0.3) is 11.6 Å². The Bertz CT molecular complexity index is 789. The lowest BCUT2D eigenvalue weighted by Gasteiger charge is -2.06. The second-order valence-electron chi connectivity index (χ2n) is 4.86. The van der Waals surface area contributed by atoms with E-state index in [0.717, 1.165) is 11.5 Å². The highest BCUT2D eigenvalue weighted by Crippen LogP contribution is 2.32. The Hall–Kier alpha value is -3.05. The number of nitrogens with one attached hydrogen (secondary N) is 2. The minimum atomic E-state index is -0.784. The number of nitro groups is 1. The lowest BCUT2D eigenvalue weighted by atomic mass is 10.1. The Morgan fingerprint density at radius 3 is 2.56 bits per heavy atom. The van der Waals surface area contributed by atoms with Crippen molar-refractivity contribution in [1.29, 1.82) is 0 Å². The number of primary amides is 1. The number of aromatic nitrogens is 1. The standard InChI is InChI=1S/C14H15N5O5S/c15-12(21)10-11(8-2-4-9(5-3-8)19(23)24)18-25-13(10)17-14(22)16-6-1-7-20/h2-5,20H,1,6-7H2,(H2,15,21)(H2,16,17,22). The predicted octanol–water partition coefficient (Wildman–Crippen LogP) is 1.32. The minimum absolute atomic E-state index is 0.0242. The van der Waals surface area contributed by atoms with E-state index >= 15 is 0 Å². The summed E-state index contributed by atoms with van der Waals surface area (Å²) in [5.74, 6) is -0.784. The second kappa shape index (κ2) is 8.17. The molecule has 0 saturated heterocycles. The fourth-order valence-corrected chi connectivity index (χ4v) is 2.78. The zero-order chi connectivity index (χ0) is 18.4. The first kappa shape index (κ1) is 18.3. The summed E-state index contributed by atoms with van der Waals surface area (Å²) in [6.07, 6.45) is 0.396. The quantitative estimate of drug-likeness (QED) is 0.329. The van der Waals surface area contributed by atoms with E-state index in [-0.39, 0.29) is 35.1 Å². The Labute approximate surface area is 146 Å². The van der Waals surface area contributed by atoms with Crippen LogP contribution in [0.15, 0.2) is 24.3 Å². The molecule has 1 aromatic heterocycles. The highest BCUT2D eigenvalue weighted by Gasteiger charge is 2.22. The Balaban J connectivity index is 2.25. The first-order valence-corrected chi connectivity index (χ1v) is 7.91. The molecule has 11 heteroatoms. The van der Waals surface area contributed by atoms with E-state index in [0.29, 0.717) is 12.0 Å². The van der Waals surface area contributed by atoms with Crippen LogP contribution in [0.25, 0.3) is 11.3 Å². The number of benzene rings is 1. The smallest absolute Gasteiger partial charge is 0.319 e. The maximum absolute atomic E-state index is 11.8. The van der Waals surface area contributed by atoms with Crippen LogP contribution < -0.4 is 16.4 Å². The van der Waals surface area contributed by atoms with Gasteiger partial charge >= 0.3 is 6.03 Å². The molecule has 2 rings (SSSR count). The number of non-ortho nitro benzene ring substituents is 1. The predicted molar refractivity (Wildman–Crippen MR) is 91.4 cm³/mol. The molecule has 1 heterocycles. The summed E-state index contributed by atoms with van der Waals surface area (Å²) in [5, 5.41) is 24.6. The van der Waals surface area contributed by atoms with Gasteiger partial charge in [-0.3, -0.25) is 20.2 Å². The molecular weight excluding hydrogens is 350 g/mol. The van der Waals surface area contributed by atoms with Gasteiger partial charge < -0.3 is 16.2 Å². The zero-order valence-electron chi connectivity index (χ0n) is 12.9. The van der Waals surface area contributed by atoms with E-state index in [1.807, 2.05) is 0 Å². The summed E-state index contributed by atoms with van der Waals surface area (Å²) >= 11 is 0.871. The zero-order valence-corrected chi connectivity index (χ0v) is 13.7. The van der Waals surface area contributed by atoms with Crippen molar-refractivity contribution < 1.29 is 19.6 Å². The van der Waals surface area contributed by atoms with E-state index in [9.17, 15) is 19.7 Å². The van der Waals surface area contributed by atoms with Gasteiger partial charge in [0.15, 0.2) is 0 Å². The molecular formula is C14H15N5O5S. The van der Waals surface area contributed by atoms with Crippen molar-refractivity contribution in [3.8, 4) is 11.3 Å². The molecule has 2 aromatic rings. The van der Waals surface area contributed by atoms with Crippen molar-refractivity contribution in [3.05, 3.63) is 39.9 Å². The summed E-state index contributed by atoms with van der Waals surface area (Å²) in [5.41, 5.74) is 6.01. The van der Waals surface area contributed by atoms with Crippen molar-refractivity contribution in [1.82, 2.24) is 9.69 Å². The van der Waals surface area contributed by atoms with Gasteiger partial charge in [-0.15, -0.1) is 0 Å². The third kappa shape index (κ3) is 4.49. The van der Waals surface area contributed by atoms with Crippen LogP contribution in [-0.2, 0) is 0 Å². The van der Waals surface area contributed by atoms with Crippen LogP contribution in [0.4, 0.5) is 15.5 Å². The number of carbonyl (C=O) groups excluding carboxylic acids is 2. The van der Waals surface area contributed by atoms with Crippen molar-refractivity contribution in [2.24, 2.45) is 5.73 Å². The summed E-state index contributed by atoms with van der Waals surface area (Å²) in [7, 11) is 0. The number of rotatable bonds is 7. The number of amides is 3. The summed E-state index contributed by atoms with van der Waals surface area (Å²) < 4.78 is 4.12. The molecule has 0 atom stereocenters. The SMILES string of the molecule is NC(=O)c1c(-c2ccc([N+](=O)[O-])cc2)nsc1NC(=O)NCCCO. The van der Waals surface area contributed by atoms with Crippen LogP contribution >= 0.6 is 11.5 Å². The van der Waals surface area contributed by atoms with Gasteiger partial charge in [0.2, 0.25) is 0 Å². The fraction of sp³-hybridized carbons (Fsp3) is 0.214. The average Bonchev–Trinajstić information content (AvgIpc) is 2.99. The third-order valence-electron chi connectivity index (χ3n) is 3.14. The molecule has 25 heavy (non-hydrogen) atoms. The normalized spacial score (nSPS) is 10.3. The lowest BCUT2D eigenvalue weighted by Crippen LogP contribution is -2.30. The molecule has 0 bridgehead atoms. The van der Waals surface area contributed by atoms with Gasteiger partial charge in [0, 0.05) is 30.8 Å². The largest absolute Gasteiger partial charge is 0.396 e. The number of hydrogen-bond acceptors (Lipinski definition) is 7. The molecule has 0 spiro atoms. The van der Waals surface area contributed by atoms with Crippen molar-refractivity contribution >= 4 is 34.2 Å². The Morgan fingerprint density at radius 1 is 1.32 bits per heavy atom. The van der Waals surface area contributed by atoms with E-state index < -0.39 is 16.9 Å². The molecule has 3 amide bonds. The van der Waals surface area contributed by atoms with Crippen LogP contribution in [0.3, 0.4) is 0 Å². The summed E-state index contributed by atoms with van der Waals surface area (Å²) in [4.78, 5) is 33.7. The number of urea groups is 1. The van der Waals surface area contributed by atoms with E-state index in [2.05, 4.69) is 15.0 Å². The monoisotopic (exact) mass is 365 g/mol. The van der Waals surface area contributed by atoms with Gasteiger partial charge in [-0.25, -0.2) is 4.79 Å². The molecule has 132 valence electrons. The van der Waals surface area contributed by atoms with Crippen molar-refractivity contribution in [2.45, 2.75) is 6.42 Å². The molecule has 5 N–H and O–H groups in total. The highest BCUT2D eigenvalue weighted by molar-refractivity contribution is 7.11. The van der Waals surface area contributed by atoms with Gasteiger partial charge in [-0.1, -0.05) is 0 Å². The maximum atomic E-state index is 11.8. The van der Waals surface area contributed by atoms with E-state index in [4.69, 9.17) is 10.8 Å². The Morgan fingerprint density at radius 2 is 2.00 bits per heavy atom. The maximum Gasteiger partial charge on any atom is 0.319 e. The number of aliphatic hydroxyl groups is 1. The minimum Gasteiger partial charge on any atom is -0.396 e. The van der Waals surface area contributed by atoms with E-state index in [1.165, 1.54) is 24.3 Å². The van der Waals surface area contributed by atoms with Crippen LogP contribution in [0.2, 0.25) is 0 Å². The van der Waals surface area contributed by atoms with Gasteiger partial charge in [-0.2, -0.15) is 4.37 Å². The van der Waals surface area contributed by atoms with Gasteiger partial charge in [0.05, 0.1) is 10.6 Å². The van der Waals surface area contributed by atoms with Crippen LogP contribution in [-0.4, -0.2) is 39.5 Å². The van der Waals surface area contributed by atoms with Crippen LogP contribution in [0.1, 0.15) is 16.8 Å². The van der Waals surface area contributed by atoms with Crippen molar-refractivity contribution in [3.63, 3.8) is 0 Å². The third-order valence-corrected chi connectivity index (χ3v) is 3.90. The number of nitrogens with zero attached hydrogens (tertiary/aromatic N) is 2. The molecule has 0 aliphatic rings. The number of nitrogens with two attached hydrogens (primary N) is 1. The van der Waals surface area contributed by atoms with Crippen molar-refractivity contribution in [2.75, 3.05) is 18.5 Å². The molecule has 0 aliphatic carbocycles. The number of hydrogen-bond donors (Lipinski definition) is 4. The number of carbonyl (C=O) groups is 2. The van der Waals surface area contributed by atoms with E-state index in [1.54, 1.807) is 0 Å². The fourth-order valence-electron chi connectivity index (χ4n) is 1.97. The summed E-state index contributed by atoms with van der Waals surface area (Å²) in [6, 6.07) is 4.91. The molecule has 0 aliphatic heterocycles. The number of anilines is 1. The lowest BCUT2D eigenvalue weighted by molar-refractivity contribution is -0.384. The first-order valence-electron chi connectivity index (χ1n) is 7.14. The second-order valence-corrected chi connectivity index (χ2v) is 5.63. The topological polar surface area (TPSA) is 160 Å². The average molecular weight is 365 g/mol. The number of aliphatic hydroxyl groups excluding tert-OH is 1. The molecule has 0 radical (unpaired) electrons. The van der Waals surface area contributed by atoms with Crippen LogP contribution in [0, 0.1) is 10.1 Å². The first-order chi connectivity index (χ1) is 11.9. The summed E-state index contributed by atoms with van der Waals surface area (Å²) in [6.45, 7) is 0.208. The number of nitro benzene ring substituents is 1. The molecule has 0 unspecified atom stereocenters. The molecule has 0 fully saturated rings. The van der Waals surface area contributed by atoms with Gasteiger partial charge in [0.1, 0.15) is 10.6 Å². The Kier molecular flexibility index (Phi) is 5.98. The van der Waals surface area contributed by atoms with Crippen LogP contribution in [0.5, 0.6) is 0 Å². The highest BCUT2D eigenvalue weighted by atomic mass is 32.1. The van der Waals surface area contributed by atoms with Gasteiger partial charge in [-0.05, 0) is 30.1 Å².